The molecule has 0 saturated carbocycles. The van der Waals surface area contributed by atoms with Crippen molar-refractivity contribution in [3.8, 4) is 5.75 Å². The van der Waals surface area contributed by atoms with Crippen LogP contribution in [-0.2, 0) is 15.9 Å². The van der Waals surface area contributed by atoms with Gasteiger partial charge in [-0.2, -0.15) is 4.39 Å². The lowest BCUT2D eigenvalue weighted by molar-refractivity contribution is -0.206. The van der Waals surface area contributed by atoms with E-state index in [1.807, 2.05) is 0 Å². The second-order valence-corrected chi connectivity index (χ2v) is 10.1. The summed E-state index contributed by atoms with van der Waals surface area (Å²) in [6, 6.07) is 9.49. The molecule has 4 nitrogen and oxygen atoms in total. The minimum Gasteiger partial charge on any atom is -0.420 e. The van der Waals surface area contributed by atoms with Crippen LogP contribution < -0.4 is 4.74 Å². The Kier molecular flexibility index (Phi) is 12.5. The van der Waals surface area contributed by atoms with Crippen LogP contribution >= 0.6 is 0 Å². The maximum absolute atomic E-state index is 14.6. The molecule has 0 radical (unpaired) electrons. The van der Waals surface area contributed by atoms with Crippen molar-refractivity contribution in [1.29, 1.82) is 0 Å². The Balaban J connectivity index is 1.47. The number of halogens is 2. The third kappa shape index (κ3) is 9.19. The molecule has 0 bridgehead atoms. The van der Waals surface area contributed by atoms with E-state index in [-0.39, 0.29) is 5.56 Å². The quantitative estimate of drug-likeness (QED) is 0.135. The molecule has 204 valence electrons. The van der Waals surface area contributed by atoms with E-state index in [1.54, 1.807) is 24.3 Å². The van der Waals surface area contributed by atoms with Crippen LogP contribution in [0.3, 0.4) is 0 Å². The number of esters is 1. The van der Waals surface area contributed by atoms with Gasteiger partial charge in [0.05, 0.1) is 18.8 Å². The molecule has 0 amide bonds. The molecule has 1 fully saturated rings. The van der Waals surface area contributed by atoms with Crippen molar-refractivity contribution in [1.82, 2.24) is 0 Å². The highest BCUT2D eigenvalue weighted by Crippen LogP contribution is 2.28. The number of unbranched alkanes of at least 4 members (excludes halogenated alkanes) is 8. The number of carbonyl (C=O) groups is 1. The molecule has 0 unspecified atom stereocenters. The fourth-order valence-corrected chi connectivity index (χ4v) is 4.64. The molecule has 1 saturated heterocycles. The van der Waals surface area contributed by atoms with Crippen LogP contribution in [0.15, 0.2) is 36.4 Å². The van der Waals surface area contributed by atoms with Gasteiger partial charge in [-0.3, -0.25) is 0 Å². The molecule has 2 aromatic carbocycles. The predicted molar refractivity (Wildman–Crippen MR) is 142 cm³/mol. The Morgan fingerprint density at radius 3 is 2.11 bits per heavy atom. The van der Waals surface area contributed by atoms with Gasteiger partial charge in [0.2, 0.25) is 5.82 Å². The van der Waals surface area contributed by atoms with Crippen LogP contribution in [0.5, 0.6) is 5.75 Å². The van der Waals surface area contributed by atoms with Gasteiger partial charge >= 0.3 is 5.97 Å². The van der Waals surface area contributed by atoms with Crippen LogP contribution in [-0.4, -0.2) is 19.2 Å². The van der Waals surface area contributed by atoms with E-state index in [4.69, 9.17) is 14.2 Å². The molecule has 1 aliphatic rings. The monoisotopic (exact) mass is 516 g/mol. The van der Waals surface area contributed by atoms with Crippen LogP contribution in [0, 0.1) is 17.6 Å². The number of hydrogen-bond acceptors (Lipinski definition) is 4. The molecule has 0 spiro atoms. The number of hydrogen-bond donors (Lipinski definition) is 0. The van der Waals surface area contributed by atoms with Crippen molar-refractivity contribution in [3.63, 3.8) is 0 Å². The van der Waals surface area contributed by atoms with E-state index in [2.05, 4.69) is 13.8 Å². The Hall–Kier alpha value is -2.31. The number of aryl methyl sites for hydroxylation is 1. The molecule has 6 heteroatoms. The molecule has 1 aliphatic heterocycles. The molecule has 0 aromatic heterocycles. The second kappa shape index (κ2) is 15.8. The highest BCUT2D eigenvalue weighted by atomic mass is 19.2. The van der Waals surface area contributed by atoms with Crippen molar-refractivity contribution < 1.29 is 27.8 Å². The largest absolute Gasteiger partial charge is 0.420 e. The Labute approximate surface area is 220 Å². The number of benzene rings is 2. The summed E-state index contributed by atoms with van der Waals surface area (Å²) in [5.41, 5.74) is 1.36. The fourth-order valence-electron chi connectivity index (χ4n) is 4.64. The fraction of sp³-hybridized carbons (Fsp3) is 0.581. The summed E-state index contributed by atoms with van der Waals surface area (Å²) in [6.07, 6.45) is 12.5. The van der Waals surface area contributed by atoms with Gasteiger partial charge in [-0.25, -0.2) is 9.18 Å². The molecular weight excluding hydrogens is 474 g/mol. The summed E-state index contributed by atoms with van der Waals surface area (Å²) < 4.78 is 46.1. The first-order chi connectivity index (χ1) is 18.0. The average molecular weight is 517 g/mol. The molecule has 1 heterocycles. The number of ether oxygens (including phenoxy) is 3. The summed E-state index contributed by atoms with van der Waals surface area (Å²) in [7, 11) is 0. The van der Waals surface area contributed by atoms with E-state index in [9.17, 15) is 13.6 Å². The van der Waals surface area contributed by atoms with Crippen molar-refractivity contribution in [2.24, 2.45) is 5.92 Å². The zero-order valence-electron chi connectivity index (χ0n) is 22.4. The molecule has 2 aromatic rings. The zero-order valence-corrected chi connectivity index (χ0v) is 22.4. The van der Waals surface area contributed by atoms with E-state index in [0.717, 1.165) is 31.2 Å². The molecule has 0 aliphatic carbocycles. The Bertz CT molecular complexity index is 952. The SMILES string of the molecule is CCCCCCCCCc1ccc(OC(=O)c2ccc(C3OCC(CCCCC)CO3)cc2)c(F)c1F. The van der Waals surface area contributed by atoms with Crippen LogP contribution in [0.4, 0.5) is 8.78 Å². The van der Waals surface area contributed by atoms with Gasteiger partial charge < -0.3 is 14.2 Å². The van der Waals surface area contributed by atoms with E-state index in [1.165, 1.54) is 57.1 Å². The third-order valence-corrected chi connectivity index (χ3v) is 6.98. The third-order valence-electron chi connectivity index (χ3n) is 6.98. The van der Waals surface area contributed by atoms with Gasteiger partial charge in [0.25, 0.3) is 0 Å². The first-order valence-corrected chi connectivity index (χ1v) is 14.1. The van der Waals surface area contributed by atoms with Crippen LogP contribution in [0.25, 0.3) is 0 Å². The maximum Gasteiger partial charge on any atom is 0.343 e. The Morgan fingerprint density at radius 1 is 0.811 bits per heavy atom. The first-order valence-electron chi connectivity index (χ1n) is 14.1. The zero-order chi connectivity index (χ0) is 26.5. The summed E-state index contributed by atoms with van der Waals surface area (Å²) in [5, 5.41) is 0. The molecular formula is C31H42F2O4. The van der Waals surface area contributed by atoms with Gasteiger partial charge in [-0.05, 0) is 43.0 Å². The average Bonchev–Trinajstić information content (AvgIpc) is 2.92. The molecule has 0 atom stereocenters. The molecule has 3 rings (SSSR count). The van der Waals surface area contributed by atoms with Gasteiger partial charge in [-0.15, -0.1) is 0 Å². The lowest BCUT2D eigenvalue weighted by Crippen LogP contribution is -2.27. The van der Waals surface area contributed by atoms with Gasteiger partial charge in [0.15, 0.2) is 17.9 Å². The topological polar surface area (TPSA) is 44.8 Å². The minimum atomic E-state index is -1.12. The van der Waals surface area contributed by atoms with Crippen molar-refractivity contribution in [3.05, 3.63) is 64.7 Å². The van der Waals surface area contributed by atoms with Crippen molar-refractivity contribution in [2.45, 2.75) is 97.2 Å². The Morgan fingerprint density at radius 2 is 1.43 bits per heavy atom. The lowest BCUT2D eigenvalue weighted by Gasteiger charge is -2.29. The standard InChI is InChI=1S/C31H42F2O4/c1-3-5-7-8-9-10-12-14-24-19-20-27(29(33)28(24)32)37-30(34)25-15-17-26(18-16-25)31-35-21-23(22-36-31)13-11-6-4-2/h15-20,23,31H,3-14,21-22H2,1-2H3. The van der Waals surface area contributed by atoms with Crippen LogP contribution in [0.2, 0.25) is 0 Å². The summed E-state index contributed by atoms with van der Waals surface area (Å²) >= 11 is 0. The number of rotatable bonds is 15. The van der Waals surface area contributed by atoms with E-state index in [0.29, 0.717) is 31.1 Å². The predicted octanol–water partition coefficient (Wildman–Crippen LogP) is 8.72. The molecule has 0 N–H and O–H groups in total. The van der Waals surface area contributed by atoms with Crippen LogP contribution in [0.1, 0.15) is 112 Å². The number of carbonyl (C=O) groups excluding carboxylic acids is 1. The van der Waals surface area contributed by atoms with Gasteiger partial charge in [0.1, 0.15) is 0 Å². The highest BCUT2D eigenvalue weighted by Gasteiger charge is 2.24. The summed E-state index contributed by atoms with van der Waals surface area (Å²) in [4.78, 5) is 12.6. The van der Waals surface area contributed by atoms with E-state index < -0.39 is 29.6 Å². The smallest absolute Gasteiger partial charge is 0.343 e. The second-order valence-electron chi connectivity index (χ2n) is 10.1. The lowest BCUT2D eigenvalue weighted by atomic mass is 10.0. The highest BCUT2D eigenvalue weighted by molar-refractivity contribution is 5.91. The van der Waals surface area contributed by atoms with Crippen molar-refractivity contribution in [2.75, 3.05) is 13.2 Å². The minimum absolute atomic E-state index is 0.240. The maximum atomic E-state index is 14.6. The first kappa shape index (κ1) is 29.2. The van der Waals surface area contributed by atoms with Gasteiger partial charge in [-0.1, -0.05) is 89.8 Å². The van der Waals surface area contributed by atoms with E-state index >= 15 is 0 Å². The normalized spacial score (nSPS) is 17.6. The summed E-state index contributed by atoms with van der Waals surface area (Å²) in [5.74, 6) is -2.79. The van der Waals surface area contributed by atoms with Crippen molar-refractivity contribution >= 4 is 5.97 Å². The summed E-state index contributed by atoms with van der Waals surface area (Å²) in [6.45, 7) is 5.67. The van der Waals surface area contributed by atoms with Gasteiger partial charge in [0, 0.05) is 11.5 Å². The molecule has 37 heavy (non-hydrogen) atoms.